The zero-order valence-corrected chi connectivity index (χ0v) is 12.5. The van der Waals surface area contributed by atoms with E-state index in [0.717, 1.165) is 30.7 Å². The van der Waals surface area contributed by atoms with Crippen LogP contribution in [0.4, 0.5) is 5.69 Å². The highest BCUT2D eigenvalue weighted by atomic mass is 16.5. The quantitative estimate of drug-likeness (QED) is 0.753. The molecule has 0 saturated heterocycles. The molecule has 0 aromatic heterocycles. The third-order valence-corrected chi connectivity index (χ3v) is 3.39. The minimum absolute atomic E-state index is 0.248. The van der Waals surface area contributed by atoms with E-state index in [2.05, 4.69) is 26.1 Å². The van der Waals surface area contributed by atoms with Gasteiger partial charge in [-0.2, -0.15) is 0 Å². The van der Waals surface area contributed by atoms with E-state index in [1.54, 1.807) is 7.11 Å². The molecule has 0 aliphatic carbocycles. The number of rotatable bonds is 8. The lowest BCUT2D eigenvalue weighted by Crippen LogP contribution is -2.28. The minimum Gasteiger partial charge on any atom is -0.497 e. The van der Waals surface area contributed by atoms with Crippen LogP contribution in [0.25, 0.3) is 0 Å². The summed E-state index contributed by atoms with van der Waals surface area (Å²) in [7, 11) is 1.67. The van der Waals surface area contributed by atoms with Crippen LogP contribution < -0.4 is 10.1 Å². The first kappa shape index (κ1) is 15.8. The molecule has 0 fully saturated rings. The van der Waals surface area contributed by atoms with Gasteiger partial charge in [0.1, 0.15) is 5.75 Å². The Morgan fingerprint density at radius 3 is 2.32 bits per heavy atom. The normalized spacial score (nSPS) is 14.2. The van der Waals surface area contributed by atoms with Crippen LogP contribution in [0, 0.1) is 5.92 Å². The third kappa shape index (κ3) is 5.52. The van der Waals surface area contributed by atoms with Crippen molar-refractivity contribution in [2.75, 3.05) is 12.4 Å². The average Bonchev–Trinajstić information content (AvgIpc) is 2.39. The molecule has 19 heavy (non-hydrogen) atoms. The van der Waals surface area contributed by atoms with Crippen molar-refractivity contribution in [2.24, 2.45) is 5.92 Å². The molecule has 0 aliphatic heterocycles. The number of hydrogen-bond acceptors (Lipinski definition) is 3. The van der Waals surface area contributed by atoms with Crippen molar-refractivity contribution in [3.63, 3.8) is 0 Å². The Morgan fingerprint density at radius 2 is 1.84 bits per heavy atom. The first-order chi connectivity index (χ1) is 9.06. The van der Waals surface area contributed by atoms with Gasteiger partial charge in [0.25, 0.3) is 0 Å². The van der Waals surface area contributed by atoms with Crippen LogP contribution >= 0.6 is 0 Å². The van der Waals surface area contributed by atoms with E-state index in [9.17, 15) is 5.11 Å². The lowest BCUT2D eigenvalue weighted by Gasteiger charge is -2.24. The Balaban J connectivity index is 2.60. The summed E-state index contributed by atoms with van der Waals surface area (Å²) in [5, 5.41) is 13.5. The molecule has 2 atom stereocenters. The summed E-state index contributed by atoms with van der Waals surface area (Å²) >= 11 is 0. The van der Waals surface area contributed by atoms with Crippen molar-refractivity contribution < 1.29 is 9.84 Å². The van der Waals surface area contributed by atoms with Gasteiger partial charge in [0, 0.05) is 11.7 Å². The van der Waals surface area contributed by atoms with Gasteiger partial charge in [-0.1, -0.05) is 27.2 Å². The molecule has 1 aromatic rings. The van der Waals surface area contributed by atoms with Gasteiger partial charge in [-0.05, 0) is 43.0 Å². The number of ether oxygens (including phenoxy) is 1. The number of anilines is 1. The van der Waals surface area contributed by atoms with Crippen molar-refractivity contribution in [1.29, 1.82) is 0 Å². The molecule has 0 radical (unpaired) electrons. The number of methoxy groups -OCH3 is 1. The highest BCUT2D eigenvalue weighted by Gasteiger charge is 2.16. The predicted molar refractivity (Wildman–Crippen MR) is 80.8 cm³/mol. The Labute approximate surface area is 117 Å². The largest absolute Gasteiger partial charge is 0.497 e. The summed E-state index contributed by atoms with van der Waals surface area (Å²) in [6.45, 7) is 6.28. The fraction of sp³-hybridized carbons (Fsp3) is 0.625. The molecule has 0 spiro atoms. The lowest BCUT2D eigenvalue weighted by molar-refractivity contribution is 0.109. The maximum Gasteiger partial charge on any atom is 0.119 e. The molecule has 0 heterocycles. The molecule has 0 saturated carbocycles. The molecule has 3 heteroatoms. The van der Waals surface area contributed by atoms with Gasteiger partial charge in [-0.15, -0.1) is 0 Å². The van der Waals surface area contributed by atoms with Crippen LogP contribution in [-0.4, -0.2) is 24.4 Å². The molecule has 0 bridgehead atoms. The monoisotopic (exact) mass is 265 g/mol. The van der Waals surface area contributed by atoms with Crippen LogP contribution in [-0.2, 0) is 0 Å². The molecule has 1 aromatic carbocycles. The van der Waals surface area contributed by atoms with Gasteiger partial charge in [-0.3, -0.25) is 0 Å². The molecule has 1 rings (SSSR count). The Morgan fingerprint density at radius 1 is 1.21 bits per heavy atom. The van der Waals surface area contributed by atoms with Crippen molar-refractivity contribution in [3.05, 3.63) is 24.3 Å². The fourth-order valence-electron chi connectivity index (χ4n) is 2.08. The molecule has 3 nitrogen and oxygen atoms in total. The van der Waals surface area contributed by atoms with E-state index in [0.29, 0.717) is 12.0 Å². The highest BCUT2D eigenvalue weighted by Crippen LogP contribution is 2.20. The van der Waals surface area contributed by atoms with Gasteiger partial charge in [-0.25, -0.2) is 0 Å². The van der Waals surface area contributed by atoms with E-state index < -0.39 is 0 Å². The van der Waals surface area contributed by atoms with E-state index in [1.807, 2.05) is 24.3 Å². The fourth-order valence-corrected chi connectivity index (χ4v) is 2.08. The maximum atomic E-state index is 10.0. The third-order valence-electron chi connectivity index (χ3n) is 3.39. The summed E-state index contributed by atoms with van der Waals surface area (Å²) in [5.41, 5.74) is 1.08. The number of aliphatic hydroxyl groups excluding tert-OH is 1. The number of aliphatic hydroxyl groups is 1. The second-order valence-corrected chi connectivity index (χ2v) is 5.41. The number of nitrogens with one attached hydrogen (secondary N) is 1. The molecular formula is C16H27NO2. The van der Waals surface area contributed by atoms with E-state index in [4.69, 9.17) is 4.74 Å². The van der Waals surface area contributed by atoms with E-state index in [1.165, 1.54) is 0 Å². The van der Waals surface area contributed by atoms with Crippen LogP contribution in [0.1, 0.15) is 40.0 Å². The SMILES string of the molecule is CCC[C@H](C[C@@H](O)C(C)C)Nc1ccc(OC)cc1. The van der Waals surface area contributed by atoms with Crippen molar-refractivity contribution in [3.8, 4) is 5.75 Å². The lowest BCUT2D eigenvalue weighted by atomic mass is 9.97. The van der Waals surface area contributed by atoms with E-state index >= 15 is 0 Å². The zero-order chi connectivity index (χ0) is 14.3. The van der Waals surface area contributed by atoms with Crippen LogP contribution in [0.15, 0.2) is 24.3 Å². The van der Waals surface area contributed by atoms with Crippen LogP contribution in [0.2, 0.25) is 0 Å². The number of benzene rings is 1. The predicted octanol–water partition coefficient (Wildman–Crippen LogP) is 3.68. The molecule has 0 unspecified atom stereocenters. The Bertz CT molecular complexity index is 348. The summed E-state index contributed by atoms with van der Waals surface area (Å²) < 4.78 is 5.15. The second-order valence-electron chi connectivity index (χ2n) is 5.41. The van der Waals surface area contributed by atoms with Gasteiger partial charge in [0.2, 0.25) is 0 Å². The molecule has 0 aliphatic rings. The van der Waals surface area contributed by atoms with Crippen LogP contribution in [0.3, 0.4) is 0 Å². The summed E-state index contributed by atoms with van der Waals surface area (Å²) in [6.07, 6.45) is 2.72. The maximum absolute atomic E-state index is 10.0. The van der Waals surface area contributed by atoms with Gasteiger partial charge in [0.05, 0.1) is 13.2 Å². The van der Waals surface area contributed by atoms with Crippen molar-refractivity contribution >= 4 is 5.69 Å². The molecule has 0 amide bonds. The molecular weight excluding hydrogens is 238 g/mol. The summed E-state index contributed by atoms with van der Waals surface area (Å²) in [6, 6.07) is 8.25. The van der Waals surface area contributed by atoms with E-state index in [-0.39, 0.29) is 6.10 Å². The second kappa shape index (κ2) is 8.05. The van der Waals surface area contributed by atoms with Gasteiger partial charge in [0.15, 0.2) is 0 Å². The van der Waals surface area contributed by atoms with Crippen molar-refractivity contribution in [1.82, 2.24) is 0 Å². The smallest absolute Gasteiger partial charge is 0.119 e. The van der Waals surface area contributed by atoms with Gasteiger partial charge < -0.3 is 15.2 Å². The first-order valence-electron chi connectivity index (χ1n) is 7.15. The first-order valence-corrected chi connectivity index (χ1v) is 7.15. The summed E-state index contributed by atoms with van der Waals surface area (Å²) in [5.74, 6) is 1.16. The average molecular weight is 265 g/mol. The minimum atomic E-state index is -0.248. The highest BCUT2D eigenvalue weighted by molar-refractivity contribution is 5.47. The topological polar surface area (TPSA) is 41.5 Å². The van der Waals surface area contributed by atoms with Crippen LogP contribution in [0.5, 0.6) is 5.75 Å². The summed E-state index contributed by atoms with van der Waals surface area (Å²) in [4.78, 5) is 0. The standard InChI is InChI=1S/C16H27NO2/c1-5-6-14(11-16(18)12(2)3)17-13-7-9-15(19-4)10-8-13/h7-10,12,14,16-18H,5-6,11H2,1-4H3/t14-,16-/m1/s1. The molecule has 108 valence electrons. The number of hydrogen-bond donors (Lipinski definition) is 2. The van der Waals surface area contributed by atoms with Crippen molar-refractivity contribution in [2.45, 2.75) is 52.2 Å². The van der Waals surface area contributed by atoms with Gasteiger partial charge >= 0.3 is 0 Å². The molecule has 2 N–H and O–H groups in total. The Kier molecular flexibility index (Phi) is 6.71. The Hall–Kier alpha value is -1.22. The zero-order valence-electron chi connectivity index (χ0n) is 12.5.